The normalized spacial score (nSPS) is 12.6. The molecule has 2 rings (SSSR count). The van der Waals surface area contributed by atoms with Crippen LogP contribution in [0.4, 0.5) is 0 Å². The Morgan fingerprint density at radius 3 is 2.94 bits per heavy atom. The van der Waals surface area contributed by atoms with E-state index in [-0.39, 0.29) is 0 Å². The molecule has 0 aliphatic rings. The van der Waals surface area contributed by atoms with Crippen LogP contribution >= 0.6 is 11.7 Å². The molecule has 1 unspecified atom stereocenters. The highest BCUT2D eigenvalue weighted by molar-refractivity contribution is 6.99. The summed E-state index contributed by atoms with van der Waals surface area (Å²) in [6.07, 6.45) is 3.24. The van der Waals surface area contributed by atoms with Crippen LogP contribution in [0.15, 0.2) is 12.4 Å². The summed E-state index contributed by atoms with van der Waals surface area (Å²) in [6, 6.07) is 0. The Balaban J connectivity index is 2.38. The number of nitrogens with zero attached hydrogens (tertiary/aromatic N) is 4. The maximum atomic E-state index is 10.3. The summed E-state index contributed by atoms with van der Waals surface area (Å²) >= 11 is 1.07. The van der Waals surface area contributed by atoms with E-state index in [4.69, 9.17) is 4.74 Å². The second kappa shape index (κ2) is 5.24. The number of aliphatic hydroxyl groups excluding tert-OH is 1. The predicted octanol–water partition coefficient (Wildman–Crippen LogP) is 1.23. The molecule has 6 nitrogen and oxygen atoms in total. The van der Waals surface area contributed by atoms with Crippen LogP contribution in [-0.4, -0.2) is 30.7 Å². The maximum Gasteiger partial charge on any atom is 0.163 e. The molecule has 0 saturated heterocycles. The highest BCUT2D eigenvalue weighted by atomic mass is 32.1. The Hall–Kier alpha value is -1.47. The van der Waals surface area contributed by atoms with Crippen molar-refractivity contribution in [2.45, 2.75) is 26.0 Å². The number of aliphatic hydroxyl groups is 1. The van der Waals surface area contributed by atoms with E-state index in [1.807, 2.05) is 0 Å². The quantitative estimate of drug-likeness (QED) is 0.869. The second-order valence-corrected chi connectivity index (χ2v) is 4.11. The predicted molar refractivity (Wildman–Crippen MR) is 63.0 cm³/mol. The van der Waals surface area contributed by atoms with Gasteiger partial charge in [-0.25, -0.2) is 0 Å². The Bertz CT molecular complexity index is 469. The van der Waals surface area contributed by atoms with Crippen molar-refractivity contribution in [1.82, 2.24) is 18.5 Å². The summed E-state index contributed by atoms with van der Waals surface area (Å²) in [6.45, 7) is 2.78. The van der Waals surface area contributed by atoms with Gasteiger partial charge in [-0.05, 0) is 6.42 Å². The van der Waals surface area contributed by atoms with Gasteiger partial charge in [-0.2, -0.15) is 13.8 Å². The largest absolute Gasteiger partial charge is 0.493 e. The molecule has 0 saturated carbocycles. The van der Waals surface area contributed by atoms with Crippen molar-refractivity contribution >= 4 is 11.7 Å². The first-order valence-electron chi connectivity index (χ1n) is 5.33. The maximum absolute atomic E-state index is 10.3. The zero-order chi connectivity index (χ0) is 12.3. The van der Waals surface area contributed by atoms with Crippen LogP contribution in [0.1, 0.15) is 30.8 Å². The Kier molecular flexibility index (Phi) is 3.70. The van der Waals surface area contributed by atoms with Gasteiger partial charge in [-0.1, -0.05) is 6.92 Å². The van der Waals surface area contributed by atoms with E-state index in [1.165, 1.54) is 0 Å². The molecule has 2 aromatic rings. The molecule has 0 spiro atoms. The van der Waals surface area contributed by atoms with Gasteiger partial charge in [0.05, 0.1) is 31.2 Å². The lowest BCUT2D eigenvalue weighted by Crippen LogP contribution is -2.11. The molecule has 2 heterocycles. The van der Waals surface area contributed by atoms with Crippen LogP contribution < -0.4 is 4.74 Å². The fraction of sp³-hybridized carbons (Fsp3) is 0.500. The van der Waals surface area contributed by atoms with Crippen molar-refractivity contribution in [2.24, 2.45) is 0 Å². The summed E-state index contributed by atoms with van der Waals surface area (Å²) in [7, 11) is 1.56. The van der Waals surface area contributed by atoms with Gasteiger partial charge in [-0.3, -0.25) is 4.68 Å². The van der Waals surface area contributed by atoms with Gasteiger partial charge in [-0.15, -0.1) is 0 Å². The smallest absolute Gasteiger partial charge is 0.163 e. The Morgan fingerprint density at radius 2 is 2.35 bits per heavy atom. The van der Waals surface area contributed by atoms with Gasteiger partial charge in [0.1, 0.15) is 17.5 Å². The third-order valence-electron chi connectivity index (χ3n) is 2.42. The Labute approximate surface area is 103 Å². The molecule has 0 aliphatic carbocycles. The molecule has 0 aromatic carbocycles. The molecule has 1 N–H and O–H groups in total. The van der Waals surface area contributed by atoms with Crippen LogP contribution in [0.2, 0.25) is 0 Å². The first-order chi connectivity index (χ1) is 8.27. The van der Waals surface area contributed by atoms with Gasteiger partial charge >= 0.3 is 0 Å². The van der Waals surface area contributed by atoms with Gasteiger partial charge in [0.2, 0.25) is 0 Å². The van der Waals surface area contributed by atoms with Crippen molar-refractivity contribution in [3.05, 3.63) is 23.8 Å². The minimum Gasteiger partial charge on any atom is -0.493 e. The van der Waals surface area contributed by atoms with Gasteiger partial charge in [0, 0.05) is 6.54 Å². The van der Waals surface area contributed by atoms with Crippen molar-refractivity contribution < 1.29 is 9.84 Å². The highest BCUT2D eigenvalue weighted by Gasteiger charge is 2.23. The van der Waals surface area contributed by atoms with Crippen molar-refractivity contribution in [1.29, 1.82) is 0 Å². The first-order valence-corrected chi connectivity index (χ1v) is 6.06. The molecule has 0 bridgehead atoms. The average Bonchev–Trinajstić information content (AvgIpc) is 2.97. The van der Waals surface area contributed by atoms with Crippen molar-refractivity contribution in [3.63, 3.8) is 0 Å². The molecule has 0 aliphatic heterocycles. The van der Waals surface area contributed by atoms with Crippen molar-refractivity contribution in [2.75, 3.05) is 7.11 Å². The molecular weight excluding hydrogens is 240 g/mol. The monoisotopic (exact) mass is 254 g/mol. The lowest BCUT2D eigenvalue weighted by molar-refractivity contribution is 0.198. The second-order valence-electron chi connectivity index (χ2n) is 3.56. The summed E-state index contributed by atoms with van der Waals surface area (Å²) in [5.74, 6) is 0.568. The number of hydrogen-bond donors (Lipinski definition) is 1. The number of methoxy groups -OCH3 is 1. The number of hydrogen-bond acceptors (Lipinski definition) is 6. The van der Waals surface area contributed by atoms with Crippen LogP contribution in [-0.2, 0) is 6.54 Å². The molecule has 0 radical (unpaired) electrons. The fourth-order valence-electron chi connectivity index (χ4n) is 1.63. The minimum atomic E-state index is -0.849. The van der Waals surface area contributed by atoms with Crippen LogP contribution in [0.3, 0.4) is 0 Å². The molecule has 17 heavy (non-hydrogen) atoms. The van der Waals surface area contributed by atoms with E-state index in [2.05, 4.69) is 20.8 Å². The first kappa shape index (κ1) is 12.0. The number of ether oxygens (including phenoxy) is 1. The zero-order valence-corrected chi connectivity index (χ0v) is 10.5. The summed E-state index contributed by atoms with van der Waals surface area (Å²) in [5.41, 5.74) is 1.15. The highest BCUT2D eigenvalue weighted by Crippen LogP contribution is 2.29. The van der Waals surface area contributed by atoms with E-state index in [0.29, 0.717) is 17.1 Å². The number of aryl methyl sites for hydroxylation is 1. The lowest BCUT2D eigenvalue weighted by atomic mass is 10.2. The van der Waals surface area contributed by atoms with Gasteiger partial charge in [0.15, 0.2) is 5.75 Å². The fourth-order valence-corrected chi connectivity index (χ4v) is 2.08. The average molecular weight is 254 g/mol. The molecule has 2 aromatic heterocycles. The molecule has 0 amide bonds. The molecule has 0 fully saturated rings. The van der Waals surface area contributed by atoms with Crippen LogP contribution in [0.5, 0.6) is 5.75 Å². The van der Waals surface area contributed by atoms with Crippen molar-refractivity contribution in [3.8, 4) is 5.75 Å². The number of rotatable bonds is 5. The third kappa shape index (κ3) is 2.29. The summed E-state index contributed by atoms with van der Waals surface area (Å²) in [5, 5.41) is 14.4. The van der Waals surface area contributed by atoms with Crippen LogP contribution in [0, 0.1) is 0 Å². The Morgan fingerprint density at radius 1 is 1.53 bits per heavy atom. The molecule has 1 atom stereocenters. The molecular formula is C10H14N4O2S. The van der Waals surface area contributed by atoms with E-state index in [1.54, 1.807) is 24.2 Å². The minimum absolute atomic E-state index is 0.520. The molecule has 92 valence electrons. The van der Waals surface area contributed by atoms with E-state index in [9.17, 15) is 5.11 Å². The van der Waals surface area contributed by atoms with Gasteiger partial charge in [0.25, 0.3) is 0 Å². The van der Waals surface area contributed by atoms with E-state index in [0.717, 1.165) is 24.7 Å². The van der Waals surface area contributed by atoms with E-state index >= 15 is 0 Å². The van der Waals surface area contributed by atoms with E-state index < -0.39 is 6.10 Å². The SMILES string of the molecule is CCCn1ncc(OC)c1C(O)c1cnsn1. The third-order valence-corrected chi connectivity index (χ3v) is 2.91. The number of aromatic nitrogens is 4. The molecule has 7 heteroatoms. The van der Waals surface area contributed by atoms with Crippen LogP contribution in [0.25, 0.3) is 0 Å². The summed E-state index contributed by atoms with van der Waals surface area (Å²) < 4.78 is 14.9. The summed E-state index contributed by atoms with van der Waals surface area (Å²) in [4.78, 5) is 0. The lowest BCUT2D eigenvalue weighted by Gasteiger charge is -2.12. The zero-order valence-electron chi connectivity index (χ0n) is 9.70. The topological polar surface area (TPSA) is 73.1 Å². The standard InChI is InChI=1S/C10H14N4O2S/c1-3-4-14-9(8(16-2)6-11-14)10(15)7-5-12-17-13-7/h5-6,10,15H,3-4H2,1-2H3. The van der Waals surface area contributed by atoms with Gasteiger partial charge < -0.3 is 9.84 Å².